The van der Waals surface area contributed by atoms with Gasteiger partial charge in [0.1, 0.15) is 12.2 Å². The molecule has 3 aromatic carbocycles. The number of carbonyl (C=O) groups excluding carboxylic acids is 1. The minimum absolute atomic E-state index is 0.0513. The third-order valence-electron chi connectivity index (χ3n) is 4.35. The molecule has 5 nitrogen and oxygen atoms in total. The van der Waals surface area contributed by atoms with Crippen molar-refractivity contribution in [3.63, 3.8) is 0 Å². The maximum absolute atomic E-state index is 12.4. The van der Waals surface area contributed by atoms with Gasteiger partial charge >= 0.3 is 5.91 Å². The second-order valence-corrected chi connectivity index (χ2v) is 7.13. The molecule has 30 heavy (non-hydrogen) atoms. The molecule has 0 aliphatic heterocycles. The number of amides is 1. The molecule has 0 fully saturated rings. The molecule has 0 spiro atoms. The van der Waals surface area contributed by atoms with Gasteiger partial charge in [-0.3, -0.25) is 4.79 Å². The highest BCUT2D eigenvalue weighted by atomic mass is 35.5. The van der Waals surface area contributed by atoms with Crippen LogP contribution >= 0.6 is 23.2 Å². The molecular weight excluding hydrogens is 423 g/mol. The highest BCUT2D eigenvalue weighted by Crippen LogP contribution is 2.33. The second-order valence-electron chi connectivity index (χ2n) is 6.31. The Kier molecular flexibility index (Phi) is 5.62. The Bertz CT molecular complexity index is 1310. The number of nitrogens with zero attached hydrogens (tertiary/aromatic N) is 1. The van der Waals surface area contributed by atoms with Gasteiger partial charge in [-0.1, -0.05) is 59.5 Å². The second kappa shape index (κ2) is 8.50. The van der Waals surface area contributed by atoms with E-state index < -0.39 is 5.91 Å². The molecular formula is C23H14Cl2N2O3. The Morgan fingerprint density at radius 1 is 1.13 bits per heavy atom. The average Bonchev–Trinajstić information content (AvgIpc) is 3.18. The lowest BCUT2D eigenvalue weighted by Gasteiger charge is -2.08. The quantitative estimate of drug-likeness (QED) is 0.249. The number of benzene rings is 3. The summed E-state index contributed by atoms with van der Waals surface area (Å²) in [6.45, 7) is 0.0513. The average molecular weight is 437 g/mol. The molecule has 0 atom stereocenters. The predicted molar refractivity (Wildman–Crippen MR) is 120 cm³/mol. The predicted octanol–water partition coefficient (Wildman–Crippen LogP) is 5.67. The maximum Gasteiger partial charge on any atom is 0.307 e. The number of nitrogens with one attached hydrogen (secondary N) is 1. The van der Waals surface area contributed by atoms with Crippen LogP contribution in [0.3, 0.4) is 0 Å². The number of halogens is 2. The Balaban J connectivity index is 1.51. The first-order chi connectivity index (χ1) is 14.6. The van der Waals surface area contributed by atoms with Crippen molar-refractivity contribution in [2.45, 2.75) is 0 Å². The number of furan rings is 1. The number of fused-ring (bicyclic) bond motifs is 3. The lowest BCUT2D eigenvalue weighted by molar-refractivity contribution is 0.0929. The van der Waals surface area contributed by atoms with E-state index in [9.17, 15) is 4.79 Å². The third kappa shape index (κ3) is 3.97. The van der Waals surface area contributed by atoms with Crippen molar-refractivity contribution in [1.29, 1.82) is 0 Å². The van der Waals surface area contributed by atoms with E-state index in [1.54, 1.807) is 18.2 Å². The fourth-order valence-corrected chi connectivity index (χ4v) is 3.64. The van der Waals surface area contributed by atoms with Gasteiger partial charge in [-0.15, -0.1) is 6.42 Å². The van der Waals surface area contributed by atoms with Crippen molar-refractivity contribution in [2.24, 2.45) is 5.10 Å². The molecule has 1 N–H and O–H groups in total. The van der Waals surface area contributed by atoms with Crippen LogP contribution in [0.4, 0.5) is 0 Å². The summed E-state index contributed by atoms with van der Waals surface area (Å²) in [7, 11) is 0. The van der Waals surface area contributed by atoms with Crippen LogP contribution in [-0.4, -0.2) is 18.7 Å². The number of ether oxygens (including phenoxy) is 1. The molecule has 0 saturated heterocycles. The van der Waals surface area contributed by atoms with E-state index in [0.717, 1.165) is 16.2 Å². The summed E-state index contributed by atoms with van der Waals surface area (Å²) in [6, 6.07) is 16.6. The van der Waals surface area contributed by atoms with E-state index in [1.807, 2.05) is 36.4 Å². The van der Waals surface area contributed by atoms with Crippen LogP contribution in [0.2, 0.25) is 10.0 Å². The van der Waals surface area contributed by atoms with Gasteiger partial charge in [-0.2, -0.15) is 5.10 Å². The van der Waals surface area contributed by atoms with Gasteiger partial charge in [-0.25, -0.2) is 5.43 Å². The molecule has 0 unspecified atom stereocenters. The largest absolute Gasteiger partial charge is 0.478 e. The number of hydrazone groups is 1. The van der Waals surface area contributed by atoms with E-state index in [1.165, 1.54) is 6.21 Å². The van der Waals surface area contributed by atoms with Gasteiger partial charge in [-0.05, 0) is 40.6 Å². The van der Waals surface area contributed by atoms with Crippen molar-refractivity contribution in [2.75, 3.05) is 6.61 Å². The standard InChI is InChI=1S/C23H14Cl2N2O3/c1-2-9-29-22-18(24)10-14(11-19(22)25)13-26-27-23(28)21-12-17-16-6-4-3-5-15(16)7-8-20(17)30-21/h1,3-8,10-13H,9H2,(H,27,28)/b26-13-. The van der Waals surface area contributed by atoms with E-state index in [2.05, 4.69) is 16.4 Å². The fourth-order valence-electron chi connectivity index (χ4n) is 3.03. The first kappa shape index (κ1) is 19.8. The van der Waals surface area contributed by atoms with Crippen molar-refractivity contribution < 1.29 is 13.9 Å². The number of rotatable bonds is 5. The van der Waals surface area contributed by atoms with Crippen LogP contribution in [0.1, 0.15) is 16.1 Å². The minimum atomic E-state index is -0.474. The molecule has 4 rings (SSSR count). The van der Waals surface area contributed by atoms with Gasteiger partial charge in [0.05, 0.1) is 16.3 Å². The summed E-state index contributed by atoms with van der Waals surface area (Å²) < 4.78 is 11.0. The number of carbonyl (C=O) groups is 1. The van der Waals surface area contributed by atoms with Gasteiger partial charge in [0.15, 0.2) is 11.5 Å². The summed E-state index contributed by atoms with van der Waals surface area (Å²) in [5, 5.41) is 7.47. The molecule has 0 radical (unpaired) electrons. The van der Waals surface area contributed by atoms with Crippen LogP contribution in [0.5, 0.6) is 5.75 Å². The summed E-state index contributed by atoms with van der Waals surface area (Å²) in [5.74, 6) is 2.33. The molecule has 0 aliphatic rings. The lowest BCUT2D eigenvalue weighted by Crippen LogP contribution is -2.16. The Morgan fingerprint density at radius 3 is 2.67 bits per heavy atom. The highest BCUT2D eigenvalue weighted by Gasteiger charge is 2.13. The van der Waals surface area contributed by atoms with Gasteiger partial charge in [0.25, 0.3) is 0 Å². The maximum atomic E-state index is 12.4. The Hall–Kier alpha value is -3.46. The molecule has 1 amide bonds. The van der Waals surface area contributed by atoms with Crippen LogP contribution in [0.25, 0.3) is 21.7 Å². The SMILES string of the molecule is C#CCOc1c(Cl)cc(/C=N\NC(=O)c2cc3c(ccc4ccccc43)o2)cc1Cl. The normalized spacial score (nSPS) is 11.1. The van der Waals surface area contributed by atoms with Crippen LogP contribution < -0.4 is 10.2 Å². The molecule has 7 heteroatoms. The van der Waals surface area contributed by atoms with Crippen molar-refractivity contribution in [3.05, 3.63) is 76.0 Å². The summed E-state index contributed by atoms with van der Waals surface area (Å²) >= 11 is 12.3. The third-order valence-corrected chi connectivity index (χ3v) is 4.91. The zero-order valence-corrected chi connectivity index (χ0v) is 17.0. The van der Waals surface area contributed by atoms with Crippen molar-refractivity contribution >= 4 is 57.1 Å². The van der Waals surface area contributed by atoms with Crippen molar-refractivity contribution in [3.8, 4) is 18.1 Å². The van der Waals surface area contributed by atoms with Gasteiger partial charge in [0, 0.05) is 5.39 Å². The molecule has 0 aliphatic carbocycles. The summed E-state index contributed by atoms with van der Waals surface area (Å²) in [5.41, 5.74) is 3.64. The topological polar surface area (TPSA) is 63.8 Å². The van der Waals surface area contributed by atoms with E-state index in [4.69, 9.17) is 38.8 Å². The van der Waals surface area contributed by atoms with E-state index >= 15 is 0 Å². The molecule has 1 aromatic heterocycles. The molecule has 0 bridgehead atoms. The molecule has 148 valence electrons. The van der Waals surface area contributed by atoms with Crippen LogP contribution in [-0.2, 0) is 0 Å². The number of hydrogen-bond donors (Lipinski definition) is 1. The van der Waals surface area contributed by atoms with E-state index in [0.29, 0.717) is 16.9 Å². The van der Waals surface area contributed by atoms with Crippen LogP contribution in [0.15, 0.2) is 64.1 Å². The first-order valence-electron chi connectivity index (χ1n) is 8.87. The molecule has 1 heterocycles. The Morgan fingerprint density at radius 2 is 1.90 bits per heavy atom. The minimum Gasteiger partial charge on any atom is -0.478 e. The number of terminal acetylenes is 1. The Labute approximate surface area is 182 Å². The molecule has 0 saturated carbocycles. The first-order valence-corrected chi connectivity index (χ1v) is 9.62. The van der Waals surface area contributed by atoms with E-state index in [-0.39, 0.29) is 22.4 Å². The summed E-state index contributed by atoms with van der Waals surface area (Å²) in [6.07, 6.45) is 6.59. The molecule has 4 aromatic rings. The van der Waals surface area contributed by atoms with Crippen LogP contribution in [0, 0.1) is 12.3 Å². The van der Waals surface area contributed by atoms with Gasteiger partial charge < -0.3 is 9.15 Å². The van der Waals surface area contributed by atoms with Crippen molar-refractivity contribution in [1.82, 2.24) is 5.43 Å². The van der Waals surface area contributed by atoms with Gasteiger partial charge in [0.2, 0.25) is 0 Å². The monoisotopic (exact) mass is 436 g/mol. The highest BCUT2D eigenvalue weighted by molar-refractivity contribution is 6.37. The lowest BCUT2D eigenvalue weighted by atomic mass is 10.1. The zero-order chi connectivity index (χ0) is 21.1. The number of hydrogen-bond acceptors (Lipinski definition) is 4. The fraction of sp³-hybridized carbons (Fsp3) is 0.0435. The zero-order valence-electron chi connectivity index (χ0n) is 15.5. The summed E-state index contributed by atoms with van der Waals surface area (Å²) in [4.78, 5) is 12.4. The smallest absolute Gasteiger partial charge is 0.307 e.